The lowest BCUT2D eigenvalue weighted by Crippen LogP contribution is -2.25. The number of rotatable bonds is 4. The predicted octanol–water partition coefficient (Wildman–Crippen LogP) is 2.95. The van der Waals surface area contributed by atoms with E-state index in [1.807, 2.05) is 0 Å². The van der Waals surface area contributed by atoms with E-state index >= 15 is 0 Å². The highest BCUT2D eigenvalue weighted by Crippen LogP contribution is 2.20. The van der Waals surface area contributed by atoms with Gasteiger partial charge in [0.1, 0.15) is 11.6 Å². The first kappa shape index (κ1) is 15.4. The van der Waals surface area contributed by atoms with Crippen molar-refractivity contribution in [1.29, 1.82) is 0 Å². The van der Waals surface area contributed by atoms with E-state index in [0.29, 0.717) is 10.0 Å². The van der Waals surface area contributed by atoms with Gasteiger partial charge in [-0.25, -0.2) is 4.39 Å². The topological polar surface area (TPSA) is 48.3 Å². The Balaban J connectivity index is 2.39. The van der Waals surface area contributed by atoms with E-state index in [0.717, 1.165) is 6.07 Å². The first-order chi connectivity index (χ1) is 9.92. The van der Waals surface area contributed by atoms with E-state index in [1.165, 1.54) is 30.0 Å². The maximum atomic E-state index is 13.3. The maximum Gasteiger partial charge on any atom is 0.253 e. The molecule has 2 aromatic rings. The average Bonchev–Trinajstić information content (AvgIpc) is 2.44. The van der Waals surface area contributed by atoms with Crippen LogP contribution in [0.1, 0.15) is 15.9 Å². The van der Waals surface area contributed by atoms with Crippen LogP contribution >= 0.6 is 15.9 Å². The van der Waals surface area contributed by atoms with Gasteiger partial charge >= 0.3 is 0 Å². The van der Waals surface area contributed by atoms with Crippen molar-refractivity contribution in [2.75, 3.05) is 7.11 Å². The first-order valence-corrected chi connectivity index (χ1v) is 6.95. The number of Topliss-reactive ketones (excluding diaryl/α,β-unsaturated/α-hetero) is 1. The number of benzene rings is 1. The molecule has 0 amide bonds. The number of aryl methyl sites for hydroxylation is 1. The van der Waals surface area contributed by atoms with Gasteiger partial charge in [-0.2, -0.15) is 0 Å². The Morgan fingerprint density at radius 3 is 2.76 bits per heavy atom. The van der Waals surface area contributed by atoms with Crippen LogP contribution in [0, 0.1) is 12.7 Å². The third-order valence-electron chi connectivity index (χ3n) is 3.01. The summed E-state index contributed by atoms with van der Waals surface area (Å²) in [6.45, 7) is 1.48. The summed E-state index contributed by atoms with van der Waals surface area (Å²) in [6, 6.07) is 5.38. The zero-order chi connectivity index (χ0) is 15.6. The normalized spacial score (nSPS) is 10.5. The Hall–Kier alpha value is -1.95. The predicted molar refractivity (Wildman–Crippen MR) is 80.4 cm³/mol. The van der Waals surface area contributed by atoms with Crippen LogP contribution in [0.2, 0.25) is 0 Å². The van der Waals surface area contributed by atoms with Crippen molar-refractivity contribution in [1.82, 2.24) is 4.57 Å². The molecular weight excluding hydrogens is 341 g/mol. The molecule has 0 unspecified atom stereocenters. The fourth-order valence-electron chi connectivity index (χ4n) is 2.00. The number of hydrogen-bond acceptors (Lipinski definition) is 3. The fourth-order valence-corrected chi connectivity index (χ4v) is 2.59. The summed E-state index contributed by atoms with van der Waals surface area (Å²) in [5.74, 6) is -0.649. The van der Waals surface area contributed by atoms with Gasteiger partial charge in [-0.3, -0.25) is 9.59 Å². The van der Waals surface area contributed by atoms with E-state index in [1.54, 1.807) is 13.0 Å². The van der Waals surface area contributed by atoms with E-state index in [4.69, 9.17) is 4.74 Å². The molecule has 0 aliphatic heterocycles. The van der Waals surface area contributed by atoms with Crippen molar-refractivity contribution in [3.8, 4) is 5.75 Å². The Labute approximate surface area is 129 Å². The number of hydrogen-bond donors (Lipinski definition) is 0. The second-order valence-corrected chi connectivity index (χ2v) is 5.46. The van der Waals surface area contributed by atoms with Crippen molar-refractivity contribution in [2.24, 2.45) is 0 Å². The highest BCUT2D eigenvalue weighted by atomic mass is 79.9. The lowest BCUT2D eigenvalue weighted by Gasteiger charge is -2.10. The highest BCUT2D eigenvalue weighted by Gasteiger charge is 2.15. The molecule has 0 radical (unpaired) electrons. The summed E-state index contributed by atoms with van der Waals surface area (Å²) in [5, 5.41) is 0. The molecule has 0 aliphatic rings. The number of halogens is 2. The largest absolute Gasteiger partial charge is 0.496 e. The Morgan fingerprint density at radius 1 is 1.38 bits per heavy atom. The van der Waals surface area contributed by atoms with Crippen LogP contribution in [-0.2, 0) is 6.54 Å². The zero-order valence-electron chi connectivity index (χ0n) is 11.5. The molecule has 0 saturated heterocycles. The molecule has 21 heavy (non-hydrogen) atoms. The molecule has 1 aromatic carbocycles. The lowest BCUT2D eigenvalue weighted by atomic mass is 10.1. The molecule has 0 aliphatic carbocycles. The van der Waals surface area contributed by atoms with Gasteiger partial charge in [-0.15, -0.1) is 0 Å². The van der Waals surface area contributed by atoms with Crippen LogP contribution in [-0.4, -0.2) is 17.5 Å². The van der Waals surface area contributed by atoms with E-state index in [9.17, 15) is 14.0 Å². The standard InChI is InChI=1S/C15H13BrFNO3/c1-9-5-10(16)7-18(15(9)20)8-13(19)12-6-11(17)3-4-14(12)21-2/h3-7H,8H2,1-2H3. The van der Waals surface area contributed by atoms with Gasteiger partial charge in [0, 0.05) is 16.2 Å². The van der Waals surface area contributed by atoms with Gasteiger partial charge < -0.3 is 9.30 Å². The van der Waals surface area contributed by atoms with Gasteiger partial charge in [-0.1, -0.05) is 0 Å². The zero-order valence-corrected chi connectivity index (χ0v) is 13.1. The van der Waals surface area contributed by atoms with Gasteiger partial charge in [0.2, 0.25) is 0 Å². The maximum absolute atomic E-state index is 13.3. The van der Waals surface area contributed by atoms with Crippen LogP contribution in [0.5, 0.6) is 5.75 Å². The minimum Gasteiger partial charge on any atom is -0.496 e. The Kier molecular flexibility index (Phi) is 4.57. The summed E-state index contributed by atoms with van der Waals surface area (Å²) in [5.41, 5.74) is 0.368. The van der Waals surface area contributed by atoms with Crippen molar-refractivity contribution in [2.45, 2.75) is 13.5 Å². The molecular formula is C15H13BrFNO3. The van der Waals surface area contributed by atoms with E-state index in [-0.39, 0.29) is 23.4 Å². The van der Waals surface area contributed by atoms with Crippen LogP contribution < -0.4 is 10.3 Å². The third-order valence-corrected chi connectivity index (χ3v) is 3.44. The molecule has 0 fully saturated rings. The smallest absolute Gasteiger partial charge is 0.253 e. The monoisotopic (exact) mass is 353 g/mol. The van der Waals surface area contributed by atoms with Crippen LogP contribution in [0.3, 0.4) is 0 Å². The number of ether oxygens (including phenoxy) is 1. The summed E-state index contributed by atoms with van der Waals surface area (Å²) in [6.07, 6.45) is 1.53. The molecule has 2 rings (SSSR count). The lowest BCUT2D eigenvalue weighted by molar-refractivity contribution is 0.0967. The van der Waals surface area contributed by atoms with Crippen molar-refractivity contribution in [3.05, 3.63) is 62.2 Å². The second kappa shape index (κ2) is 6.22. The molecule has 0 bridgehead atoms. The summed E-state index contributed by atoms with van der Waals surface area (Å²) in [7, 11) is 1.40. The van der Waals surface area contributed by atoms with Gasteiger partial charge in [0.15, 0.2) is 5.78 Å². The van der Waals surface area contributed by atoms with Gasteiger partial charge in [-0.05, 0) is 47.1 Å². The molecule has 0 saturated carbocycles. The Bertz CT molecular complexity index is 755. The average molecular weight is 354 g/mol. The summed E-state index contributed by atoms with van der Waals surface area (Å²) < 4.78 is 20.3. The molecule has 6 heteroatoms. The number of ketones is 1. The number of carbonyl (C=O) groups excluding carboxylic acids is 1. The number of pyridine rings is 1. The number of methoxy groups -OCH3 is 1. The Morgan fingerprint density at radius 2 is 2.10 bits per heavy atom. The van der Waals surface area contributed by atoms with Crippen molar-refractivity contribution in [3.63, 3.8) is 0 Å². The van der Waals surface area contributed by atoms with E-state index < -0.39 is 11.6 Å². The van der Waals surface area contributed by atoms with Crippen LogP contribution in [0.15, 0.2) is 39.7 Å². The fraction of sp³-hybridized carbons (Fsp3) is 0.200. The minimum atomic E-state index is -0.531. The SMILES string of the molecule is COc1ccc(F)cc1C(=O)Cn1cc(Br)cc(C)c1=O. The van der Waals surface area contributed by atoms with Gasteiger partial charge in [0.05, 0.1) is 19.2 Å². The molecule has 0 atom stereocenters. The molecule has 1 heterocycles. The summed E-state index contributed by atoms with van der Waals surface area (Å²) >= 11 is 3.28. The quantitative estimate of drug-likeness (QED) is 0.794. The third kappa shape index (κ3) is 3.39. The molecule has 0 N–H and O–H groups in total. The summed E-state index contributed by atoms with van der Waals surface area (Å²) in [4.78, 5) is 24.3. The molecule has 0 spiro atoms. The van der Waals surface area contributed by atoms with Crippen molar-refractivity contribution < 1.29 is 13.9 Å². The first-order valence-electron chi connectivity index (χ1n) is 6.15. The molecule has 4 nitrogen and oxygen atoms in total. The van der Waals surface area contributed by atoms with Crippen LogP contribution in [0.25, 0.3) is 0 Å². The number of carbonyl (C=O) groups is 1. The molecule has 1 aromatic heterocycles. The van der Waals surface area contributed by atoms with Crippen molar-refractivity contribution >= 4 is 21.7 Å². The second-order valence-electron chi connectivity index (χ2n) is 4.54. The number of nitrogens with zero attached hydrogens (tertiary/aromatic N) is 1. The van der Waals surface area contributed by atoms with E-state index in [2.05, 4.69) is 15.9 Å². The van der Waals surface area contributed by atoms with Crippen LogP contribution in [0.4, 0.5) is 4.39 Å². The molecule has 110 valence electrons. The van der Waals surface area contributed by atoms with Gasteiger partial charge in [0.25, 0.3) is 5.56 Å². The minimum absolute atomic E-state index is 0.113. The highest BCUT2D eigenvalue weighted by molar-refractivity contribution is 9.10. The number of aromatic nitrogens is 1.